The van der Waals surface area contributed by atoms with Gasteiger partial charge in [0, 0.05) is 0 Å². The highest BCUT2D eigenvalue weighted by molar-refractivity contribution is 5.70. The minimum absolute atomic E-state index is 0.305. The number of nitrogens with two attached hydrogens (primary N) is 2. The van der Waals surface area contributed by atoms with Crippen LogP contribution in [0.2, 0.25) is 0 Å². The number of hydrogen-bond donors (Lipinski definition) is 2. The van der Waals surface area contributed by atoms with Crippen LogP contribution in [0.1, 0.15) is 0 Å². The largest absolute Gasteiger partial charge is 0.341 e. The van der Waals surface area contributed by atoms with Gasteiger partial charge in [0.1, 0.15) is 0 Å². The topological polar surface area (TPSA) is 55.0 Å². The molecule has 0 amide bonds. The Morgan fingerprint density at radius 2 is 1.60 bits per heavy atom. The lowest BCUT2D eigenvalue weighted by molar-refractivity contribution is -0.509. The molecule has 0 aromatic heterocycles. The maximum absolute atomic E-state index is 5.33. The zero-order chi connectivity index (χ0) is 7.98. The number of hydrogen-bond acceptors (Lipinski definition) is 0. The Morgan fingerprint density at radius 3 is 1.80 bits per heavy atom. The lowest BCUT2D eigenvalue weighted by Crippen LogP contribution is -2.36. The van der Waals surface area contributed by atoms with E-state index in [-0.39, 0.29) is 0 Å². The Bertz CT molecular complexity index is 142. The van der Waals surface area contributed by atoms with Gasteiger partial charge in [0.25, 0.3) is 0 Å². The van der Waals surface area contributed by atoms with E-state index in [1.807, 2.05) is 0 Å². The first-order valence-corrected chi connectivity index (χ1v) is 3.07. The minimum atomic E-state index is 0.305. The minimum Gasteiger partial charge on any atom is -0.291 e. The fourth-order valence-electron chi connectivity index (χ4n) is 0.597. The van der Waals surface area contributed by atoms with Gasteiger partial charge < -0.3 is 0 Å². The third-order valence-corrected chi connectivity index (χ3v) is 1.06. The lowest BCUT2D eigenvalue weighted by Gasteiger charge is -2.01. The highest BCUT2D eigenvalue weighted by atomic mass is 15.1. The zero-order valence-electron chi connectivity index (χ0n) is 6.09. The summed E-state index contributed by atoms with van der Waals surface area (Å²) < 4.78 is 1.76. The SMILES string of the molecule is C=CC[N+](CC=C)=C(N)N. The van der Waals surface area contributed by atoms with Crippen LogP contribution in [0.5, 0.6) is 0 Å². The third kappa shape index (κ3) is 2.91. The molecule has 0 spiro atoms. The quantitative estimate of drug-likeness (QED) is 0.242. The Hall–Kier alpha value is -1.25. The van der Waals surface area contributed by atoms with Crippen LogP contribution in [0.3, 0.4) is 0 Å². The summed E-state index contributed by atoms with van der Waals surface area (Å²) in [6.45, 7) is 8.45. The van der Waals surface area contributed by atoms with Crippen LogP contribution in [0.4, 0.5) is 0 Å². The molecule has 3 nitrogen and oxygen atoms in total. The summed E-state index contributed by atoms with van der Waals surface area (Å²) in [5, 5.41) is 0. The van der Waals surface area contributed by atoms with E-state index in [0.29, 0.717) is 19.0 Å². The highest BCUT2D eigenvalue weighted by Crippen LogP contribution is 1.75. The van der Waals surface area contributed by atoms with E-state index >= 15 is 0 Å². The molecule has 0 radical (unpaired) electrons. The molecular weight excluding hydrogens is 126 g/mol. The molecule has 0 aliphatic carbocycles. The molecular formula is C7H14N3+. The summed E-state index contributed by atoms with van der Waals surface area (Å²) in [4.78, 5) is 0. The van der Waals surface area contributed by atoms with Crippen molar-refractivity contribution in [3.63, 3.8) is 0 Å². The summed E-state index contributed by atoms with van der Waals surface area (Å²) in [6.07, 6.45) is 3.48. The molecule has 0 saturated carbocycles. The van der Waals surface area contributed by atoms with Crippen molar-refractivity contribution >= 4 is 5.96 Å². The molecule has 0 bridgehead atoms. The number of rotatable bonds is 4. The van der Waals surface area contributed by atoms with Gasteiger partial charge >= 0.3 is 5.96 Å². The molecule has 0 atom stereocenters. The summed E-state index contributed by atoms with van der Waals surface area (Å²) in [5.41, 5.74) is 10.7. The van der Waals surface area contributed by atoms with Crippen molar-refractivity contribution in [2.45, 2.75) is 0 Å². The summed E-state index contributed by atoms with van der Waals surface area (Å²) in [7, 11) is 0. The van der Waals surface area contributed by atoms with Crippen molar-refractivity contribution in [2.24, 2.45) is 11.5 Å². The zero-order valence-corrected chi connectivity index (χ0v) is 6.09. The standard InChI is InChI=1S/C7H13N3/c1-3-5-10(6-4-2)7(8)9/h3-4H,1-2,5-6H2,(H3,8,9)/p+1. The predicted octanol–water partition coefficient (Wildman–Crippen LogP) is -0.356. The van der Waals surface area contributed by atoms with Crippen LogP contribution in [0.15, 0.2) is 25.3 Å². The van der Waals surface area contributed by atoms with Gasteiger partial charge in [0.05, 0.1) is 13.1 Å². The predicted molar refractivity (Wildman–Crippen MR) is 43.8 cm³/mol. The maximum atomic E-state index is 5.33. The van der Waals surface area contributed by atoms with Gasteiger partial charge in [-0.2, -0.15) is 0 Å². The number of guanidine groups is 1. The van der Waals surface area contributed by atoms with Crippen molar-refractivity contribution in [2.75, 3.05) is 13.1 Å². The average molecular weight is 140 g/mol. The third-order valence-electron chi connectivity index (χ3n) is 1.06. The second-order valence-corrected chi connectivity index (χ2v) is 1.91. The Labute approximate surface area is 61.3 Å². The Morgan fingerprint density at radius 1 is 1.20 bits per heavy atom. The molecule has 0 fully saturated rings. The van der Waals surface area contributed by atoms with Crippen molar-refractivity contribution < 1.29 is 4.58 Å². The van der Waals surface area contributed by atoms with Crippen molar-refractivity contribution in [1.82, 2.24) is 0 Å². The highest BCUT2D eigenvalue weighted by Gasteiger charge is 1.96. The van der Waals surface area contributed by atoms with Gasteiger partial charge in [-0.25, -0.2) is 0 Å². The molecule has 3 heteroatoms. The molecule has 56 valence electrons. The van der Waals surface area contributed by atoms with E-state index in [9.17, 15) is 0 Å². The van der Waals surface area contributed by atoms with Crippen LogP contribution < -0.4 is 11.5 Å². The van der Waals surface area contributed by atoms with Crippen LogP contribution in [-0.2, 0) is 0 Å². The first-order valence-electron chi connectivity index (χ1n) is 3.07. The molecule has 0 aromatic carbocycles. The van der Waals surface area contributed by atoms with Crippen molar-refractivity contribution in [3.05, 3.63) is 25.3 Å². The van der Waals surface area contributed by atoms with E-state index in [2.05, 4.69) is 13.2 Å². The van der Waals surface area contributed by atoms with E-state index in [0.717, 1.165) is 0 Å². The molecule has 10 heavy (non-hydrogen) atoms. The smallest absolute Gasteiger partial charge is 0.291 e. The Balaban J connectivity index is 4.10. The summed E-state index contributed by atoms with van der Waals surface area (Å²) in [5.74, 6) is 0.305. The van der Waals surface area contributed by atoms with Crippen LogP contribution in [0, 0.1) is 0 Å². The molecule has 0 heterocycles. The van der Waals surface area contributed by atoms with Gasteiger partial charge in [-0.15, -0.1) is 0 Å². The fraction of sp³-hybridized carbons (Fsp3) is 0.286. The van der Waals surface area contributed by atoms with Crippen LogP contribution in [0.25, 0.3) is 0 Å². The van der Waals surface area contributed by atoms with Gasteiger partial charge in [0.2, 0.25) is 0 Å². The van der Waals surface area contributed by atoms with Crippen molar-refractivity contribution in [3.8, 4) is 0 Å². The van der Waals surface area contributed by atoms with E-state index in [1.165, 1.54) is 0 Å². The first kappa shape index (κ1) is 8.75. The normalized spacial score (nSPS) is 8.40. The molecule has 0 aromatic rings. The summed E-state index contributed by atoms with van der Waals surface area (Å²) in [6, 6.07) is 0. The fourth-order valence-corrected chi connectivity index (χ4v) is 0.597. The molecule has 0 rings (SSSR count). The molecule has 4 N–H and O–H groups in total. The van der Waals surface area contributed by atoms with E-state index < -0.39 is 0 Å². The van der Waals surface area contributed by atoms with Gasteiger partial charge in [-0.05, 0) is 0 Å². The maximum Gasteiger partial charge on any atom is 0.341 e. The summed E-state index contributed by atoms with van der Waals surface area (Å²) >= 11 is 0. The lowest BCUT2D eigenvalue weighted by atomic mass is 10.5. The van der Waals surface area contributed by atoms with Crippen LogP contribution >= 0.6 is 0 Å². The van der Waals surface area contributed by atoms with Gasteiger partial charge in [0.15, 0.2) is 0 Å². The van der Waals surface area contributed by atoms with Gasteiger partial charge in [-0.1, -0.05) is 25.3 Å². The van der Waals surface area contributed by atoms with Crippen molar-refractivity contribution in [1.29, 1.82) is 0 Å². The molecule has 0 aliphatic heterocycles. The Kier molecular flexibility index (Phi) is 4.04. The molecule has 0 saturated heterocycles. The first-order chi connectivity index (χ1) is 4.72. The average Bonchev–Trinajstić information content (AvgIpc) is 1.87. The number of nitrogens with zero attached hydrogens (tertiary/aromatic N) is 1. The molecule has 0 unspecified atom stereocenters. The van der Waals surface area contributed by atoms with E-state index in [4.69, 9.17) is 11.5 Å². The second kappa shape index (κ2) is 4.61. The molecule has 0 aliphatic rings. The monoisotopic (exact) mass is 140 g/mol. The van der Waals surface area contributed by atoms with E-state index in [1.54, 1.807) is 16.7 Å². The second-order valence-electron chi connectivity index (χ2n) is 1.91. The van der Waals surface area contributed by atoms with Crippen LogP contribution in [-0.4, -0.2) is 23.6 Å². The van der Waals surface area contributed by atoms with Gasteiger partial charge in [-0.3, -0.25) is 16.0 Å².